The Hall–Kier alpha value is -0.610. The van der Waals surface area contributed by atoms with E-state index in [2.05, 4.69) is 31.2 Å². The van der Waals surface area contributed by atoms with E-state index in [0.29, 0.717) is 11.9 Å². The minimum absolute atomic E-state index is 0.103. The minimum atomic E-state index is 0.103. The summed E-state index contributed by atoms with van der Waals surface area (Å²) in [5.74, 6) is 0.411. The van der Waals surface area contributed by atoms with Gasteiger partial charge in [0.15, 0.2) is 0 Å². The molecule has 0 aromatic carbocycles. The van der Waals surface area contributed by atoms with Crippen molar-refractivity contribution in [2.75, 3.05) is 40.3 Å². The van der Waals surface area contributed by atoms with Crippen molar-refractivity contribution < 1.29 is 4.79 Å². The summed E-state index contributed by atoms with van der Waals surface area (Å²) in [5.41, 5.74) is 0. The van der Waals surface area contributed by atoms with Crippen molar-refractivity contribution in [1.29, 1.82) is 0 Å². The second kappa shape index (κ2) is 6.97. The van der Waals surface area contributed by atoms with Crippen LogP contribution in [0.15, 0.2) is 0 Å². The maximum Gasteiger partial charge on any atom is 0.226 e. The fourth-order valence-electron chi connectivity index (χ4n) is 2.36. The van der Waals surface area contributed by atoms with E-state index in [1.807, 2.05) is 11.8 Å². The minimum Gasteiger partial charge on any atom is -0.342 e. The molecule has 0 spiro atoms. The molecule has 0 aromatic rings. The molecule has 0 bridgehead atoms. The van der Waals surface area contributed by atoms with E-state index in [1.54, 1.807) is 0 Å². The van der Waals surface area contributed by atoms with Gasteiger partial charge in [0.1, 0.15) is 0 Å². The van der Waals surface area contributed by atoms with Crippen LogP contribution in [0.2, 0.25) is 0 Å². The van der Waals surface area contributed by atoms with E-state index in [1.165, 1.54) is 0 Å². The fraction of sp³-hybridized carbons (Fsp3) is 0.923. The van der Waals surface area contributed by atoms with Crippen LogP contribution in [0.1, 0.15) is 26.7 Å². The Balaban J connectivity index is 2.35. The van der Waals surface area contributed by atoms with Crippen LogP contribution in [0, 0.1) is 5.92 Å². The number of nitrogens with zero attached hydrogens (tertiary/aromatic N) is 2. The van der Waals surface area contributed by atoms with Gasteiger partial charge in [0.2, 0.25) is 5.91 Å². The lowest BCUT2D eigenvalue weighted by Crippen LogP contribution is -2.47. The van der Waals surface area contributed by atoms with Gasteiger partial charge in [-0.3, -0.25) is 4.79 Å². The second-order valence-corrected chi connectivity index (χ2v) is 5.23. The third-order valence-corrected chi connectivity index (χ3v) is 3.63. The van der Waals surface area contributed by atoms with Crippen molar-refractivity contribution in [1.82, 2.24) is 15.1 Å². The lowest BCUT2D eigenvalue weighted by atomic mass is 10.0. The van der Waals surface area contributed by atoms with Gasteiger partial charge in [-0.25, -0.2) is 0 Å². The summed E-state index contributed by atoms with van der Waals surface area (Å²) < 4.78 is 0. The molecule has 1 atom stereocenters. The molecule has 1 aliphatic rings. The Morgan fingerprint density at radius 1 is 1.41 bits per heavy atom. The number of carbonyl (C=O) groups excluding carboxylic acids is 1. The number of piperidine rings is 1. The second-order valence-electron chi connectivity index (χ2n) is 5.23. The summed E-state index contributed by atoms with van der Waals surface area (Å²) >= 11 is 0. The zero-order valence-electron chi connectivity index (χ0n) is 11.7. The molecule has 1 rings (SSSR count). The Morgan fingerprint density at radius 3 is 2.47 bits per heavy atom. The number of hydrogen-bond acceptors (Lipinski definition) is 3. The van der Waals surface area contributed by atoms with Gasteiger partial charge in [-0.15, -0.1) is 0 Å². The largest absolute Gasteiger partial charge is 0.342 e. The predicted molar refractivity (Wildman–Crippen MR) is 71.0 cm³/mol. The van der Waals surface area contributed by atoms with Crippen LogP contribution < -0.4 is 5.32 Å². The lowest BCUT2D eigenvalue weighted by Gasteiger charge is -2.36. The lowest BCUT2D eigenvalue weighted by molar-refractivity contribution is -0.136. The van der Waals surface area contributed by atoms with E-state index in [0.717, 1.165) is 39.0 Å². The van der Waals surface area contributed by atoms with E-state index in [4.69, 9.17) is 0 Å². The first-order valence-electron chi connectivity index (χ1n) is 6.72. The van der Waals surface area contributed by atoms with Crippen molar-refractivity contribution in [3.63, 3.8) is 0 Å². The molecule has 0 aliphatic carbocycles. The Kier molecular flexibility index (Phi) is 5.92. The van der Waals surface area contributed by atoms with Gasteiger partial charge in [0.05, 0.1) is 0 Å². The Labute approximate surface area is 105 Å². The van der Waals surface area contributed by atoms with E-state index >= 15 is 0 Å². The highest BCUT2D eigenvalue weighted by molar-refractivity contribution is 5.78. The molecule has 1 N–H and O–H groups in total. The van der Waals surface area contributed by atoms with Gasteiger partial charge >= 0.3 is 0 Å². The quantitative estimate of drug-likeness (QED) is 0.773. The molecule has 1 heterocycles. The van der Waals surface area contributed by atoms with Gasteiger partial charge < -0.3 is 15.1 Å². The summed E-state index contributed by atoms with van der Waals surface area (Å²) in [7, 11) is 4.24. The van der Waals surface area contributed by atoms with Crippen molar-refractivity contribution in [3.05, 3.63) is 0 Å². The molecular formula is C13H27N3O. The standard InChI is InChI=1S/C13H27N3O/c1-5-14-10-11(2)13(17)16-8-6-12(7-9-16)15(3)4/h11-12,14H,5-10H2,1-4H3. The molecule has 1 unspecified atom stereocenters. The number of carbonyl (C=O) groups is 1. The average Bonchev–Trinajstić information content (AvgIpc) is 2.35. The van der Waals surface area contributed by atoms with E-state index in [-0.39, 0.29) is 5.92 Å². The smallest absolute Gasteiger partial charge is 0.226 e. The molecule has 1 fully saturated rings. The number of nitrogens with one attached hydrogen (secondary N) is 1. The molecular weight excluding hydrogens is 214 g/mol. The summed E-state index contributed by atoms with van der Waals surface area (Å²) in [6.07, 6.45) is 2.21. The van der Waals surface area contributed by atoms with Crippen LogP contribution >= 0.6 is 0 Å². The maximum atomic E-state index is 12.2. The van der Waals surface area contributed by atoms with E-state index < -0.39 is 0 Å². The summed E-state index contributed by atoms with van der Waals surface area (Å²) in [6.45, 7) is 7.64. The number of hydrogen-bond donors (Lipinski definition) is 1. The molecule has 4 nitrogen and oxygen atoms in total. The molecule has 1 amide bonds. The highest BCUT2D eigenvalue weighted by Crippen LogP contribution is 2.16. The summed E-state index contributed by atoms with van der Waals surface area (Å²) in [6, 6.07) is 0.642. The summed E-state index contributed by atoms with van der Waals surface area (Å²) in [5, 5.41) is 3.24. The highest BCUT2D eigenvalue weighted by atomic mass is 16.2. The SMILES string of the molecule is CCNCC(C)C(=O)N1CCC(N(C)C)CC1. The third kappa shape index (κ3) is 4.28. The number of amides is 1. The van der Waals surface area contributed by atoms with Crippen LogP contribution in [0.3, 0.4) is 0 Å². The predicted octanol–water partition coefficient (Wildman–Crippen LogP) is 0.785. The Morgan fingerprint density at radius 2 is 2.00 bits per heavy atom. The molecule has 1 aliphatic heterocycles. The van der Waals surface area contributed by atoms with Gasteiger partial charge in [-0.1, -0.05) is 13.8 Å². The average molecular weight is 241 g/mol. The maximum absolute atomic E-state index is 12.2. The monoisotopic (exact) mass is 241 g/mol. The molecule has 1 saturated heterocycles. The van der Waals surface area contributed by atoms with E-state index in [9.17, 15) is 4.79 Å². The molecule has 0 aromatic heterocycles. The van der Waals surface area contributed by atoms with Crippen LogP contribution in [-0.2, 0) is 4.79 Å². The van der Waals surface area contributed by atoms with Crippen LogP contribution in [0.5, 0.6) is 0 Å². The molecule has 100 valence electrons. The van der Waals surface area contributed by atoms with Gasteiger partial charge in [-0.05, 0) is 33.5 Å². The topological polar surface area (TPSA) is 35.6 Å². The van der Waals surface area contributed by atoms with Gasteiger partial charge in [0.25, 0.3) is 0 Å². The normalized spacial score (nSPS) is 19.7. The first-order chi connectivity index (χ1) is 8.06. The third-order valence-electron chi connectivity index (χ3n) is 3.63. The van der Waals surface area contributed by atoms with Crippen LogP contribution in [0.4, 0.5) is 0 Å². The van der Waals surface area contributed by atoms with Gasteiger partial charge in [-0.2, -0.15) is 0 Å². The van der Waals surface area contributed by atoms with Gasteiger partial charge in [0, 0.05) is 31.6 Å². The molecule has 0 radical (unpaired) electrons. The fourth-order valence-corrected chi connectivity index (χ4v) is 2.36. The molecule has 4 heteroatoms. The van der Waals surface area contributed by atoms with Crippen LogP contribution in [-0.4, -0.2) is 62.0 Å². The summed E-state index contributed by atoms with van der Waals surface area (Å²) in [4.78, 5) is 16.5. The molecule has 0 saturated carbocycles. The zero-order chi connectivity index (χ0) is 12.8. The number of rotatable bonds is 5. The zero-order valence-corrected chi connectivity index (χ0v) is 11.7. The van der Waals surface area contributed by atoms with Crippen LogP contribution in [0.25, 0.3) is 0 Å². The number of likely N-dealkylation sites (tertiary alicyclic amines) is 1. The first-order valence-corrected chi connectivity index (χ1v) is 6.72. The van der Waals surface area contributed by atoms with Crippen molar-refractivity contribution in [2.45, 2.75) is 32.7 Å². The first kappa shape index (κ1) is 14.5. The highest BCUT2D eigenvalue weighted by Gasteiger charge is 2.26. The Bertz CT molecular complexity index is 235. The van der Waals surface area contributed by atoms with Crippen molar-refractivity contribution in [2.24, 2.45) is 5.92 Å². The van der Waals surface area contributed by atoms with Crippen molar-refractivity contribution in [3.8, 4) is 0 Å². The van der Waals surface area contributed by atoms with Crippen molar-refractivity contribution >= 4 is 5.91 Å². The molecule has 17 heavy (non-hydrogen) atoms.